The predicted octanol–water partition coefficient (Wildman–Crippen LogP) is 0.906. The van der Waals surface area contributed by atoms with E-state index in [-0.39, 0.29) is 22.5 Å². The van der Waals surface area contributed by atoms with Gasteiger partial charge in [0.05, 0.1) is 21.3 Å². The van der Waals surface area contributed by atoms with Crippen molar-refractivity contribution in [1.29, 1.82) is 0 Å². The number of nitrogens with zero attached hydrogens (tertiary/aromatic N) is 2. The van der Waals surface area contributed by atoms with Gasteiger partial charge in [0.2, 0.25) is 12.5 Å². The molecule has 3 atom stereocenters. The molecule has 2 fully saturated rings. The van der Waals surface area contributed by atoms with Gasteiger partial charge in [-0.15, -0.1) is 0 Å². The zero-order valence-electron chi connectivity index (χ0n) is 31.6. The van der Waals surface area contributed by atoms with E-state index < -0.39 is 59.2 Å². The first kappa shape index (κ1) is 46.9. The van der Waals surface area contributed by atoms with Crippen molar-refractivity contribution >= 4 is 30.0 Å². The van der Waals surface area contributed by atoms with Crippen molar-refractivity contribution in [3.63, 3.8) is 0 Å². The molecule has 0 bridgehead atoms. The van der Waals surface area contributed by atoms with Gasteiger partial charge in [-0.3, -0.25) is 9.80 Å². The molecule has 0 aliphatic carbocycles. The monoisotopic (exact) mass is 696 g/mol. The summed E-state index contributed by atoms with van der Waals surface area (Å²) in [7, 11) is 5.55. The van der Waals surface area contributed by atoms with Crippen LogP contribution in [-0.4, -0.2) is 137 Å². The van der Waals surface area contributed by atoms with Crippen molar-refractivity contribution in [3.05, 3.63) is 0 Å². The number of carbonyl (C=O) groups is 5. The number of hydrogen-bond donors (Lipinski definition) is 6. The molecule has 0 aromatic rings. The summed E-state index contributed by atoms with van der Waals surface area (Å²) in [6, 6.07) is -0.959. The minimum atomic E-state index is -1.89. The summed E-state index contributed by atoms with van der Waals surface area (Å²) in [6.07, 6.45) is -5.23. The molecule has 2 saturated heterocycles. The van der Waals surface area contributed by atoms with Gasteiger partial charge < -0.3 is 50.0 Å². The first-order valence-electron chi connectivity index (χ1n) is 15.0. The van der Waals surface area contributed by atoms with E-state index in [0.29, 0.717) is 0 Å². The zero-order valence-corrected chi connectivity index (χ0v) is 31.6. The standard InChI is InChI=1S/C16H28N2O7.C10H20N2O.C4H8O4.CH4O/c1-14(2)15(3,4)17(9(19)11(21)24-7)13(23)18(16(14,5)6)10(20)12(22)25-8;1-8(2)9(3,4)11-7(13)12-10(8,5)6;1-7-3(5)4(6)8-2;1-2/h9-10,19-20H,1-8H3;1-6H3,(H2,11,12,13);3,5H,1-2H3;2H,1H3. The normalized spacial score (nSPS) is 22.4. The highest BCUT2D eigenvalue weighted by Gasteiger charge is 2.65. The van der Waals surface area contributed by atoms with Crippen LogP contribution in [-0.2, 0) is 33.3 Å². The van der Waals surface area contributed by atoms with Crippen LogP contribution in [0.4, 0.5) is 9.59 Å². The summed E-state index contributed by atoms with van der Waals surface area (Å²) in [5.41, 5.74) is -3.18. The molecule has 0 spiro atoms. The van der Waals surface area contributed by atoms with Gasteiger partial charge in [0, 0.05) is 47.2 Å². The number of aliphatic hydroxyl groups is 4. The summed E-state index contributed by atoms with van der Waals surface area (Å²) in [6.45, 7) is 23.0. The van der Waals surface area contributed by atoms with E-state index in [0.717, 1.165) is 31.1 Å². The average Bonchev–Trinajstić information content (AvgIpc) is 2.98. The summed E-state index contributed by atoms with van der Waals surface area (Å²) < 4.78 is 17.3. The molecule has 17 heteroatoms. The highest BCUT2D eigenvalue weighted by molar-refractivity contribution is 5.88. The van der Waals surface area contributed by atoms with Crippen molar-refractivity contribution in [2.24, 2.45) is 10.8 Å². The van der Waals surface area contributed by atoms with Gasteiger partial charge in [0.1, 0.15) is 0 Å². The zero-order chi connectivity index (χ0) is 39.0. The molecule has 0 radical (unpaired) electrons. The Balaban J connectivity index is 0. The third-order valence-corrected chi connectivity index (χ3v) is 10.6. The van der Waals surface area contributed by atoms with Gasteiger partial charge in [-0.2, -0.15) is 0 Å². The molecule has 2 heterocycles. The van der Waals surface area contributed by atoms with Crippen LogP contribution >= 0.6 is 0 Å². The van der Waals surface area contributed by atoms with Gasteiger partial charge in [0.15, 0.2) is 0 Å². The van der Waals surface area contributed by atoms with Gasteiger partial charge in [0.25, 0.3) is 6.29 Å². The van der Waals surface area contributed by atoms with E-state index >= 15 is 0 Å². The van der Waals surface area contributed by atoms with Crippen LogP contribution in [0.3, 0.4) is 0 Å². The Morgan fingerprint density at radius 2 is 0.875 bits per heavy atom. The molecule has 3 unspecified atom stereocenters. The Morgan fingerprint density at radius 1 is 0.583 bits per heavy atom. The second-order valence-corrected chi connectivity index (χ2v) is 14.1. The molecule has 282 valence electrons. The summed E-state index contributed by atoms with van der Waals surface area (Å²) in [5, 5.41) is 42.0. The van der Waals surface area contributed by atoms with Gasteiger partial charge in [-0.25, -0.2) is 24.0 Å². The molecule has 2 aliphatic heterocycles. The Labute approximate surface area is 284 Å². The molecule has 0 aromatic carbocycles. The average molecular weight is 697 g/mol. The van der Waals surface area contributed by atoms with Crippen LogP contribution in [0, 0.1) is 10.8 Å². The molecule has 0 saturated carbocycles. The summed E-state index contributed by atoms with van der Waals surface area (Å²) in [5.74, 6) is -2.83. The van der Waals surface area contributed by atoms with E-state index in [4.69, 9.17) is 10.2 Å². The van der Waals surface area contributed by atoms with E-state index in [1.165, 1.54) is 14.2 Å². The fourth-order valence-electron chi connectivity index (χ4n) is 5.08. The maximum atomic E-state index is 13.1. The lowest BCUT2D eigenvalue weighted by atomic mass is 9.59. The quantitative estimate of drug-likeness (QED) is 0.129. The largest absolute Gasteiger partial charge is 0.466 e. The number of carbonyl (C=O) groups excluding carboxylic acids is 5. The summed E-state index contributed by atoms with van der Waals surface area (Å²) in [4.78, 5) is 60.1. The lowest BCUT2D eigenvalue weighted by Gasteiger charge is -2.65. The van der Waals surface area contributed by atoms with Crippen LogP contribution in [0.1, 0.15) is 83.1 Å². The number of nitrogens with one attached hydrogen (secondary N) is 2. The highest BCUT2D eigenvalue weighted by atomic mass is 16.6. The van der Waals surface area contributed by atoms with E-state index in [2.05, 4.69) is 71.1 Å². The first-order chi connectivity index (χ1) is 21.5. The fraction of sp³-hybridized carbons (Fsp3) is 0.839. The number of methoxy groups -OCH3 is 4. The van der Waals surface area contributed by atoms with Crippen LogP contribution in [0.15, 0.2) is 0 Å². The minimum Gasteiger partial charge on any atom is -0.466 e. The molecular formula is C31H60N4O13. The molecule has 0 aromatic heterocycles. The van der Waals surface area contributed by atoms with Crippen LogP contribution in [0.2, 0.25) is 0 Å². The molecule has 4 amide bonds. The van der Waals surface area contributed by atoms with Crippen molar-refractivity contribution in [2.45, 2.75) is 124 Å². The van der Waals surface area contributed by atoms with Crippen molar-refractivity contribution in [3.8, 4) is 0 Å². The second kappa shape index (κ2) is 16.9. The highest BCUT2D eigenvalue weighted by Crippen LogP contribution is 2.52. The van der Waals surface area contributed by atoms with Crippen LogP contribution in [0.5, 0.6) is 0 Å². The SMILES string of the molecule is CC1(C)NC(=O)NC(C)(C)C1(C)C.CO.COC(=O)C(O)N1C(=O)N(C(O)C(=O)OC)C(C)(C)C(C)(C)C1(C)C.COC(=O)C(O)OC. The Bertz CT molecular complexity index is 1070. The first-order valence-corrected chi connectivity index (χ1v) is 15.0. The Morgan fingerprint density at radius 3 is 1.10 bits per heavy atom. The Hall–Kier alpha value is -3.25. The summed E-state index contributed by atoms with van der Waals surface area (Å²) >= 11 is 0. The lowest BCUT2D eigenvalue weighted by Crippen LogP contribution is -2.80. The number of ether oxygens (including phenoxy) is 4. The number of urea groups is 2. The second-order valence-electron chi connectivity index (χ2n) is 14.1. The molecule has 48 heavy (non-hydrogen) atoms. The molecule has 2 rings (SSSR count). The predicted molar refractivity (Wildman–Crippen MR) is 174 cm³/mol. The van der Waals surface area contributed by atoms with Crippen molar-refractivity contribution in [2.75, 3.05) is 35.5 Å². The minimum absolute atomic E-state index is 0.00785. The van der Waals surface area contributed by atoms with Gasteiger partial charge in [-0.1, -0.05) is 27.7 Å². The third-order valence-electron chi connectivity index (χ3n) is 10.6. The molecule has 6 N–H and O–H groups in total. The molecule has 2 aliphatic rings. The van der Waals surface area contributed by atoms with E-state index in [1.54, 1.807) is 27.7 Å². The van der Waals surface area contributed by atoms with Crippen LogP contribution < -0.4 is 10.6 Å². The van der Waals surface area contributed by atoms with E-state index in [9.17, 15) is 34.2 Å². The molecular weight excluding hydrogens is 636 g/mol. The fourth-order valence-corrected chi connectivity index (χ4v) is 5.08. The lowest BCUT2D eigenvalue weighted by molar-refractivity contribution is -0.206. The number of esters is 3. The van der Waals surface area contributed by atoms with Gasteiger partial charge in [-0.05, 0) is 55.4 Å². The smallest absolute Gasteiger partial charge is 0.362 e. The topological polar surface area (TPSA) is 234 Å². The maximum absolute atomic E-state index is 13.1. The van der Waals surface area contributed by atoms with Gasteiger partial charge >= 0.3 is 30.0 Å². The number of aliphatic hydroxyl groups excluding tert-OH is 4. The van der Waals surface area contributed by atoms with E-state index in [1.807, 2.05) is 13.8 Å². The number of hydrogen-bond acceptors (Lipinski definition) is 13. The van der Waals surface area contributed by atoms with Crippen LogP contribution in [0.25, 0.3) is 0 Å². The Kier molecular flexibility index (Phi) is 16.5. The van der Waals surface area contributed by atoms with Crippen molar-refractivity contribution < 1.29 is 63.3 Å². The van der Waals surface area contributed by atoms with Crippen molar-refractivity contribution in [1.82, 2.24) is 20.4 Å². The maximum Gasteiger partial charge on any atom is 0.362 e. The molecule has 17 nitrogen and oxygen atoms in total. The number of amides is 4. The third kappa shape index (κ3) is 9.05. The number of rotatable bonds is 6.